The van der Waals surface area contributed by atoms with Crippen molar-refractivity contribution in [2.75, 3.05) is 53.4 Å². The van der Waals surface area contributed by atoms with Crippen LogP contribution in [0, 0.1) is 0 Å². The molecule has 0 saturated carbocycles. The van der Waals surface area contributed by atoms with E-state index in [2.05, 4.69) is 34.5 Å². The largest absolute Gasteiger partial charge is 0.445 e. The number of alkyl carbamates (subject to hydrolysis) is 2. The van der Waals surface area contributed by atoms with Crippen molar-refractivity contribution >= 4 is 12.2 Å². The van der Waals surface area contributed by atoms with E-state index >= 15 is 0 Å². The number of ether oxygens (including phenoxy) is 2. The van der Waals surface area contributed by atoms with E-state index in [0.717, 1.165) is 57.4 Å². The molecule has 0 bridgehead atoms. The molecule has 0 aliphatic heterocycles. The molecule has 0 atom stereocenters. The van der Waals surface area contributed by atoms with Crippen LogP contribution >= 0.6 is 0 Å². The van der Waals surface area contributed by atoms with Gasteiger partial charge in [0.25, 0.3) is 0 Å². The summed E-state index contributed by atoms with van der Waals surface area (Å²) in [6.45, 7) is 11.1. The third kappa shape index (κ3) is 16.9. The van der Waals surface area contributed by atoms with Crippen molar-refractivity contribution in [1.82, 2.24) is 20.4 Å². The molecule has 8 heteroatoms. The summed E-state index contributed by atoms with van der Waals surface area (Å²) in [4.78, 5) is 27.9. The van der Waals surface area contributed by atoms with Gasteiger partial charge < -0.3 is 29.9 Å². The van der Waals surface area contributed by atoms with E-state index in [9.17, 15) is 9.59 Å². The third-order valence-electron chi connectivity index (χ3n) is 4.91. The first kappa shape index (κ1) is 28.7. The molecule has 0 aromatic heterocycles. The fourth-order valence-corrected chi connectivity index (χ4v) is 3.15. The number of carbonyl (C=O) groups is 2. The number of nitrogens with zero attached hydrogens (tertiary/aromatic N) is 2. The van der Waals surface area contributed by atoms with Crippen LogP contribution < -0.4 is 10.6 Å². The topological polar surface area (TPSA) is 83.1 Å². The maximum Gasteiger partial charge on any atom is 0.407 e. The average molecular weight is 465 g/mol. The Balaban J connectivity index is 1.95. The minimum absolute atomic E-state index is 0.293. The zero-order chi connectivity index (χ0) is 24.5. The minimum atomic E-state index is -0.459. The van der Waals surface area contributed by atoms with Crippen LogP contribution in [0.1, 0.15) is 52.0 Å². The second-order valence-electron chi connectivity index (χ2n) is 9.44. The van der Waals surface area contributed by atoms with Crippen molar-refractivity contribution in [3.8, 4) is 0 Å². The molecule has 188 valence electrons. The van der Waals surface area contributed by atoms with Crippen LogP contribution in [0.25, 0.3) is 0 Å². The Labute approximate surface area is 200 Å². The Kier molecular flexibility index (Phi) is 14.2. The Morgan fingerprint density at radius 1 is 0.788 bits per heavy atom. The molecule has 0 fully saturated rings. The van der Waals surface area contributed by atoms with Crippen molar-refractivity contribution in [1.29, 1.82) is 0 Å². The van der Waals surface area contributed by atoms with Crippen LogP contribution in [-0.2, 0) is 16.1 Å². The van der Waals surface area contributed by atoms with Crippen molar-refractivity contribution in [2.24, 2.45) is 0 Å². The molecule has 0 heterocycles. The highest BCUT2D eigenvalue weighted by Gasteiger charge is 2.15. The van der Waals surface area contributed by atoms with Gasteiger partial charge in [-0.15, -0.1) is 0 Å². The summed E-state index contributed by atoms with van der Waals surface area (Å²) in [5, 5.41) is 5.60. The number of carbonyl (C=O) groups excluding carboxylic acids is 2. The predicted octanol–water partition coefficient (Wildman–Crippen LogP) is 3.86. The minimum Gasteiger partial charge on any atom is -0.445 e. The molecule has 0 saturated heterocycles. The van der Waals surface area contributed by atoms with Gasteiger partial charge in [-0.1, -0.05) is 30.3 Å². The zero-order valence-electron chi connectivity index (χ0n) is 21.2. The monoisotopic (exact) mass is 464 g/mol. The summed E-state index contributed by atoms with van der Waals surface area (Å²) in [6.07, 6.45) is 3.32. The van der Waals surface area contributed by atoms with Crippen molar-refractivity contribution < 1.29 is 19.1 Å². The maximum absolute atomic E-state index is 11.7. The van der Waals surface area contributed by atoms with Crippen molar-refractivity contribution in [3.63, 3.8) is 0 Å². The Bertz CT molecular complexity index is 664. The van der Waals surface area contributed by atoms with Crippen LogP contribution in [0.3, 0.4) is 0 Å². The molecule has 0 unspecified atom stereocenters. The molecule has 8 nitrogen and oxygen atoms in total. The first-order valence-corrected chi connectivity index (χ1v) is 11.9. The lowest BCUT2D eigenvalue weighted by molar-refractivity contribution is 0.0526. The number of nitrogens with one attached hydrogen (secondary N) is 2. The Morgan fingerprint density at radius 3 is 1.79 bits per heavy atom. The van der Waals surface area contributed by atoms with Gasteiger partial charge in [0.15, 0.2) is 0 Å². The predicted molar refractivity (Wildman–Crippen MR) is 132 cm³/mol. The van der Waals surface area contributed by atoms with Gasteiger partial charge in [-0.25, -0.2) is 9.59 Å². The average Bonchev–Trinajstić information content (AvgIpc) is 2.75. The van der Waals surface area contributed by atoms with E-state index in [0.29, 0.717) is 19.7 Å². The fourth-order valence-electron chi connectivity index (χ4n) is 3.15. The molecule has 2 N–H and O–H groups in total. The van der Waals surface area contributed by atoms with Gasteiger partial charge >= 0.3 is 12.2 Å². The first-order valence-electron chi connectivity index (χ1n) is 11.9. The zero-order valence-corrected chi connectivity index (χ0v) is 21.2. The fraction of sp³-hybridized carbons (Fsp3) is 0.680. The van der Waals surface area contributed by atoms with E-state index in [4.69, 9.17) is 9.47 Å². The van der Waals surface area contributed by atoms with Gasteiger partial charge in [-0.05, 0) is 92.3 Å². The number of hydrogen-bond acceptors (Lipinski definition) is 6. The Morgan fingerprint density at radius 2 is 1.27 bits per heavy atom. The maximum atomic E-state index is 11.7. The molecule has 2 amide bonds. The van der Waals surface area contributed by atoms with Crippen LogP contribution in [0.2, 0.25) is 0 Å². The van der Waals surface area contributed by atoms with Crippen molar-refractivity contribution in [3.05, 3.63) is 35.9 Å². The number of rotatable bonds is 15. The standard InChI is InChI=1S/C25H44N4O4/c1-25(2,3)33-24(31)27-16-12-20-29(5)18-10-9-17-28(4)19-11-15-26-23(30)32-21-22-13-7-6-8-14-22/h6-8,13-14H,9-12,15-21H2,1-5H3,(H,26,30)(H,27,31). The van der Waals surface area contributed by atoms with Gasteiger partial charge in [0, 0.05) is 13.1 Å². The molecule has 1 rings (SSSR count). The van der Waals surface area contributed by atoms with Crippen LogP contribution in [0.5, 0.6) is 0 Å². The lowest BCUT2D eigenvalue weighted by Crippen LogP contribution is -2.34. The molecule has 0 aliphatic rings. The third-order valence-corrected chi connectivity index (χ3v) is 4.91. The molecule has 0 aliphatic carbocycles. The van der Waals surface area contributed by atoms with E-state index in [1.807, 2.05) is 51.1 Å². The van der Waals surface area contributed by atoms with E-state index in [1.165, 1.54) is 0 Å². The van der Waals surface area contributed by atoms with Crippen LogP contribution in [-0.4, -0.2) is 81.0 Å². The normalized spacial score (nSPS) is 11.5. The lowest BCUT2D eigenvalue weighted by atomic mass is 10.2. The SMILES string of the molecule is CN(CCCCN(C)CCCNC(=O)OC(C)(C)C)CCCNC(=O)OCc1ccccc1. The number of unbranched alkanes of at least 4 members (excludes halogenated alkanes) is 1. The van der Waals surface area contributed by atoms with E-state index < -0.39 is 5.60 Å². The van der Waals surface area contributed by atoms with Crippen molar-refractivity contribution in [2.45, 2.75) is 58.7 Å². The quantitative estimate of drug-likeness (QED) is 0.384. The molecule has 1 aromatic carbocycles. The van der Waals surface area contributed by atoms with Crippen LogP contribution in [0.4, 0.5) is 9.59 Å². The number of benzene rings is 1. The molecule has 33 heavy (non-hydrogen) atoms. The second-order valence-corrected chi connectivity index (χ2v) is 9.44. The summed E-state index contributed by atoms with van der Waals surface area (Å²) in [5.74, 6) is 0. The Hall–Kier alpha value is -2.32. The van der Waals surface area contributed by atoms with Gasteiger partial charge in [0.1, 0.15) is 12.2 Å². The van der Waals surface area contributed by atoms with Gasteiger partial charge in [-0.3, -0.25) is 0 Å². The van der Waals surface area contributed by atoms with Crippen LogP contribution in [0.15, 0.2) is 30.3 Å². The first-order chi connectivity index (χ1) is 15.7. The molecular weight excluding hydrogens is 420 g/mol. The highest BCUT2D eigenvalue weighted by atomic mass is 16.6. The summed E-state index contributed by atoms with van der Waals surface area (Å²) >= 11 is 0. The summed E-state index contributed by atoms with van der Waals surface area (Å²) in [6, 6.07) is 9.66. The molecule has 0 radical (unpaired) electrons. The molecular formula is C25H44N4O4. The van der Waals surface area contributed by atoms with Gasteiger partial charge in [0.05, 0.1) is 0 Å². The highest BCUT2D eigenvalue weighted by Crippen LogP contribution is 2.06. The summed E-state index contributed by atoms with van der Waals surface area (Å²) in [7, 11) is 4.22. The molecule has 1 aromatic rings. The lowest BCUT2D eigenvalue weighted by Gasteiger charge is -2.21. The highest BCUT2D eigenvalue weighted by molar-refractivity contribution is 5.67. The molecule has 0 spiro atoms. The van der Waals surface area contributed by atoms with Gasteiger partial charge in [0.2, 0.25) is 0 Å². The summed E-state index contributed by atoms with van der Waals surface area (Å²) < 4.78 is 10.4. The summed E-state index contributed by atoms with van der Waals surface area (Å²) in [5.41, 5.74) is 0.523. The number of amides is 2. The number of hydrogen-bond donors (Lipinski definition) is 2. The van der Waals surface area contributed by atoms with E-state index in [1.54, 1.807) is 0 Å². The van der Waals surface area contributed by atoms with E-state index in [-0.39, 0.29) is 12.2 Å². The second kappa shape index (κ2) is 16.3. The smallest absolute Gasteiger partial charge is 0.407 e. The van der Waals surface area contributed by atoms with Gasteiger partial charge in [-0.2, -0.15) is 0 Å².